The Balaban J connectivity index is 3.01. The van der Waals surface area contributed by atoms with E-state index in [1.54, 1.807) is 0 Å². The van der Waals surface area contributed by atoms with Crippen LogP contribution in [0.4, 0.5) is 0 Å². The summed E-state index contributed by atoms with van der Waals surface area (Å²) in [5, 5.41) is 9.09. The highest BCUT2D eigenvalue weighted by Gasteiger charge is 2.27. The number of carboxylic acid groups (broad SMARTS) is 1. The van der Waals surface area contributed by atoms with Crippen LogP contribution in [0.15, 0.2) is 24.3 Å². The molecule has 0 aliphatic carbocycles. The first-order chi connectivity index (χ1) is 8.88. The number of carboxylic acids is 1. The molecule has 0 amide bonds. The van der Waals surface area contributed by atoms with E-state index < -0.39 is 12.0 Å². The number of hydrogen-bond acceptors (Lipinski definition) is 3. The quantitative estimate of drug-likeness (QED) is 0.826. The van der Waals surface area contributed by atoms with Crippen molar-refractivity contribution in [1.82, 2.24) is 4.90 Å². The fraction of sp³-hybridized carbons (Fsp3) is 0.533. The van der Waals surface area contributed by atoms with Gasteiger partial charge in [0.05, 0.1) is 6.04 Å². The fourth-order valence-corrected chi connectivity index (χ4v) is 2.22. The minimum atomic E-state index is -0.982. The lowest BCUT2D eigenvalue weighted by molar-refractivity contribution is -0.140. The topological polar surface area (TPSA) is 66.6 Å². The van der Waals surface area contributed by atoms with Gasteiger partial charge in [-0.05, 0) is 37.6 Å². The van der Waals surface area contributed by atoms with Crippen LogP contribution >= 0.6 is 0 Å². The van der Waals surface area contributed by atoms with Crippen LogP contribution in [-0.2, 0) is 4.79 Å². The van der Waals surface area contributed by atoms with E-state index in [1.165, 1.54) is 5.56 Å². The molecule has 3 unspecified atom stereocenters. The fourth-order valence-electron chi connectivity index (χ4n) is 2.22. The monoisotopic (exact) mass is 264 g/mol. The van der Waals surface area contributed by atoms with Gasteiger partial charge in [-0.15, -0.1) is 0 Å². The van der Waals surface area contributed by atoms with E-state index in [2.05, 4.69) is 26.0 Å². The third-order valence-electron chi connectivity index (χ3n) is 3.64. The van der Waals surface area contributed by atoms with E-state index in [4.69, 9.17) is 10.8 Å². The summed E-state index contributed by atoms with van der Waals surface area (Å²) in [6.45, 7) is 4.34. The lowest BCUT2D eigenvalue weighted by atomic mass is 9.93. The molecule has 0 aromatic heterocycles. The van der Waals surface area contributed by atoms with Gasteiger partial charge in [-0.3, -0.25) is 4.79 Å². The maximum Gasteiger partial charge on any atom is 0.322 e. The van der Waals surface area contributed by atoms with Crippen molar-refractivity contribution in [2.24, 2.45) is 5.73 Å². The van der Waals surface area contributed by atoms with Gasteiger partial charge in [0.15, 0.2) is 0 Å². The molecule has 0 saturated carbocycles. The Bertz CT molecular complexity index is 415. The van der Waals surface area contributed by atoms with Gasteiger partial charge in [0.2, 0.25) is 0 Å². The average molecular weight is 264 g/mol. The van der Waals surface area contributed by atoms with Gasteiger partial charge in [-0.25, -0.2) is 0 Å². The zero-order valence-corrected chi connectivity index (χ0v) is 12.1. The van der Waals surface area contributed by atoms with Gasteiger partial charge in [-0.2, -0.15) is 0 Å². The number of carbonyl (C=O) groups is 1. The standard InChI is InChI=1S/C15H24N2O2/c1-5-10(2)11-6-8-12(9-7-11)14(17(3)4)13(16)15(18)19/h6-10,13-14H,5,16H2,1-4H3,(H,18,19). The molecular formula is C15H24N2O2. The summed E-state index contributed by atoms with van der Waals surface area (Å²) in [6.07, 6.45) is 1.09. The molecule has 0 fully saturated rings. The van der Waals surface area contributed by atoms with Gasteiger partial charge in [-0.1, -0.05) is 38.1 Å². The van der Waals surface area contributed by atoms with Crippen LogP contribution in [0.2, 0.25) is 0 Å². The normalized spacial score (nSPS) is 16.1. The van der Waals surface area contributed by atoms with Crippen molar-refractivity contribution in [1.29, 1.82) is 0 Å². The second-order valence-corrected chi connectivity index (χ2v) is 5.25. The number of rotatable bonds is 6. The molecule has 3 N–H and O–H groups in total. The van der Waals surface area contributed by atoms with Crippen molar-refractivity contribution in [2.45, 2.75) is 38.3 Å². The molecule has 3 atom stereocenters. The summed E-state index contributed by atoms with van der Waals surface area (Å²) in [6, 6.07) is 6.85. The van der Waals surface area contributed by atoms with Crippen LogP contribution in [-0.4, -0.2) is 36.1 Å². The summed E-state index contributed by atoms with van der Waals surface area (Å²) in [4.78, 5) is 12.9. The maximum absolute atomic E-state index is 11.1. The minimum Gasteiger partial charge on any atom is -0.480 e. The summed E-state index contributed by atoms with van der Waals surface area (Å²) >= 11 is 0. The summed E-state index contributed by atoms with van der Waals surface area (Å²) in [7, 11) is 3.69. The minimum absolute atomic E-state index is 0.316. The number of hydrogen-bond donors (Lipinski definition) is 2. The predicted molar refractivity (Wildman–Crippen MR) is 77.2 cm³/mol. The van der Waals surface area contributed by atoms with Crippen molar-refractivity contribution in [3.63, 3.8) is 0 Å². The molecule has 1 aromatic rings. The van der Waals surface area contributed by atoms with Gasteiger partial charge < -0.3 is 15.7 Å². The SMILES string of the molecule is CCC(C)c1ccc(C(C(N)C(=O)O)N(C)C)cc1. The Morgan fingerprint density at radius 1 is 1.26 bits per heavy atom. The molecule has 106 valence electrons. The molecule has 0 aliphatic heterocycles. The zero-order chi connectivity index (χ0) is 14.6. The van der Waals surface area contributed by atoms with Crippen LogP contribution in [0.5, 0.6) is 0 Å². The first-order valence-corrected chi connectivity index (χ1v) is 6.63. The number of benzene rings is 1. The molecule has 0 spiro atoms. The maximum atomic E-state index is 11.1. The Kier molecular flexibility index (Phi) is 5.51. The molecule has 0 bridgehead atoms. The molecule has 0 saturated heterocycles. The van der Waals surface area contributed by atoms with E-state index in [1.807, 2.05) is 31.1 Å². The summed E-state index contributed by atoms with van der Waals surface area (Å²) in [5.41, 5.74) is 7.98. The Hall–Kier alpha value is -1.39. The van der Waals surface area contributed by atoms with Crippen LogP contribution in [0.3, 0.4) is 0 Å². The first kappa shape index (κ1) is 15.7. The van der Waals surface area contributed by atoms with Gasteiger partial charge >= 0.3 is 5.97 Å². The molecule has 4 heteroatoms. The second kappa shape index (κ2) is 6.68. The highest BCUT2D eigenvalue weighted by Crippen LogP contribution is 2.25. The van der Waals surface area contributed by atoms with Crippen molar-refractivity contribution in [3.8, 4) is 0 Å². The largest absolute Gasteiger partial charge is 0.480 e. The van der Waals surface area contributed by atoms with Crippen LogP contribution < -0.4 is 5.73 Å². The highest BCUT2D eigenvalue weighted by atomic mass is 16.4. The molecule has 0 radical (unpaired) electrons. The molecule has 0 heterocycles. The second-order valence-electron chi connectivity index (χ2n) is 5.25. The van der Waals surface area contributed by atoms with Crippen molar-refractivity contribution < 1.29 is 9.90 Å². The molecule has 4 nitrogen and oxygen atoms in total. The molecule has 1 rings (SSSR count). The predicted octanol–water partition coefficient (Wildman–Crippen LogP) is 2.21. The van der Waals surface area contributed by atoms with Crippen molar-refractivity contribution in [2.75, 3.05) is 14.1 Å². The third-order valence-corrected chi connectivity index (χ3v) is 3.64. The van der Waals surface area contributed by atoms with Crippen LogP contribution in [0.1, 0.15) is 43.4 Å². The molecule has 19 heavy (non-hydrogen) atoms. The number of nitrogens with zero attached hydrogens (tertiary/aromatic N) is 1. The zero-order valence-electron chi connectivity index (χ0n) is 12.1. The first-order valence-electron chi connectivity index (χ1n) is 6.63. The lowest BCUT2D eigenvalue weighted by Crippen LogP contribution is -2.43. The Morgan fingerprint density at radius 2 is 1.74 bits per heavy atom. The van der Waals surface area contributed by atoms with E-state index in [0.717, 1.165) is 12.0 Å². The van der Waals surface area contributed by atoms with E-state index in [9.17, 15) is 4.79 Å². The number of likely N-dealkylation sites (N-methyl/N-ethyl adjacent to an activating group) is 1. The van der Waals surface area contributed by atoms with E-state index in [-0.39, 0.29) is 6.04 Å². The van der Waals surface area contributed by atoms with E-state index >= 15 is 0 Å². The van der Waals surface area contributed by atoms with Gasteiger partial charge in [0.1, 0.15) is 6.04 Å². The third kappa shape index (κ3) is 3.78. The Morgan fingerprint density at radius 3 is 2.11 bits per heavy atom. The van der Waals surface area contributed by atoms with Crippen molar-refractivity contribution >= 4 is 5.97 Å². The summed E-state index contributed by atoms with van der Waals surface area (Å²) < 4.78 is 0. The number of nitrogens with two attached hydrogens (primary N) is 1. The Labute approximate surface area is 115 Å². The van der Waals surface area contributed by atoms with Gasteiger partial charge in [0, 0.05) is 0 Å². The summed E-state index contributed by atoms with van der Waals surface area (Å²) in [5.74, 6) is -0.468. The van der Waals surface area contributed by atoms with Crippen molar-refractivity contribution in [3.05, 3.63) is 35.4 Å². The highest BCUT2D eigenvalue weighted by molar-refractivity contribution is 5.74. The van der Waals surface area contributed by atoms with Gasteiger partial charge in [0.25, 0.3) is 0 Å². The molecule has 1 aromatic carbocycles. The number of aliphatic carboxylic acids is 1. The lowest BCUT2D eigenvalue weighted by Gasteiger charge is -2.28. The molecule has 0 aliphatic rings. The molecular weight excluding hydrogens is 240 g/mol. The average Bonchev–Trinajstić information content (AvgIpc) is 2.38. The van der Waals surface area contributed by atoms with E-state index in [0.29, 0.717) is 5.92 Å². The smallest absolute Gasteiger partial charge is 0.322 e. The van der Waals surface area contributed by atoms with Crippen LogP contribution in [0.25, 0.3) is 0 Å². The van der Waals surface area contributed by atoms with Crippen LogP contribution in [0, 0.1) is 0 Å².